The zero-order chi connectivity index (χ0) is 13.8. The molecular formula is C15H18N2O2. The van der Waals surface area contributed by atoms with E-state index in [9.17, 15) is 4.79 Å². The summed E-state index contributed by atoms with van der Waals surface area (Å²) < 4.78 is 6.88. The molecule has 0 saturated heterocycles. The lowest BCUT2D eigenvalue weighted by Gasteiger charge is -2.12. The summed E-state index contributed by atoms with van der Waals surface area (Å²) in [5.41, 5.74) is 2.37. The van der Waals surface area contributed by atoms with Crippen LogP contribution in [0.25, 0.3) is 5.69 Å². The first-order valence-corrected chi connectivity index (χ1v) is 6.45. The molecule has 0 saturated carbocycles. The van der Waals surface area contributed by atoms with Crippen molar-refractivity contribution in [1.82, 2.24) is 9.78 Å². The van der Waals surface area contributed by atoms with Crippen molar-refractivity contribution in [3.8, 4) is 5.69 Å². The molecule has 4 nitrogen and oxygen atoms in total. The number of esters is 1. The molecule has 0 fully saturated rings. The van der Waals surface area contributed by atoms with Gasteiger partial charge in [-0.1, -0.05) is 32.0 Å². The molecule has 0 atom stereocenters. The number of benzene rings is 1. The summed E-state index contributed by atoms with van der Waals surface area (Å²) in [6, 6.07) is 9.78. The highest BCUT2D eigenvalue weighted by Crippen LogP contribution is 2.23. The van der Waals surface area contributed by atoms with Crippen LogP contribution in [0, 0.1) is 0 Å². The number of hydrogen-bond donors (Lipinski definition) is 0. The number of rotatable bonds is 4. The Bertz CT molecular complexity index is 559. The van der Waals surface area contributed by atoms with Gasteiger partial charge < -0.3 is 4.74 Å². The van der Waals surface area contributed by atoms with E-state index in [1.807, 2.05) is 44.2 Å². The van der Waals surface area contributed by atoms with E-state index in [0.29, 0.717) is 12.2 Å². The highest BCUT2D eigenvalue weighted by molar-refractivity contribution is 5.90. The largest absolute Gasteiger partial charge is 0.462 e. The zero-order valence-electron chi connectivity index (χ0n) is 11.5. The molecule has 0 aliphatic carbocycles. The molecule has 0 bridgehead atoms. The van der Waals surface area contributed by atoms with Crippen molar-refractivity contribution in [1.29, 1.82) is 0 Å². The zero-order valence-corrected chi connectivity index (χ0v) is 11.5. The van der Waals surface area contributed by atoms with Gasteiger partial charge in [-0.15, -0.1) is 0 Å². The van der Waals surface area contributed by atoms with E-state index in [1.165, 1.54) is 0 Å². The van der Waals surface area contributed by atoms with E-state index in [1.54, 1.807) is 17.8 Å². The van der Waals surface area contributed by atoms with Gasteiger partial charge in [-0.05, 0) is 25.0 Å². The summed E-state index contributed by atoms with van der Waals surface area (Å²) >= 11 is 0. The van der Waals surface area contributed by atoms with Crippen LogP contribution in [-0.4, -0.2) is 22.4 Å². The summed E-state index contributed by atoms with van der Waals surface area (Å²) in [6.07, 6.45) is 1.58. The molecule has 1 heterocycles. The Morgan fingerprint density at radius 3 is 2.58 bits per heavy atom. The predicted molar refractivity (Wildman–Crippen MR) is 73.6 cm³/mol. The van der Waals surface area contributed by atoms with Gasteiger partial charge in [-0.2, -0.15) is 5.10 Å². The van der Waals surface area contributed by atoms with Gasteiger partial charge in [0.25, 0.3) is 0 Å². The van der Waals surface area contributed by atoms with Crippen molar-refractivity contribution in [2.45, 2.75) is 26.7 Å². The Labute approximate surface area is 113 Å². The van der Waals surface area contributed by atoms with Gasteiger partial charge >= 0.3 is 5.97 Å². The highest BCUT2D eigenvalue weighted by Gasteiger charge is 2.21. The molecule has 1 aromatic heterocycles. The lowest BCUT2D eigenvalue weighted by Crippen LogP contribution is -2.10. The van der Waals surface area contributed by atoms with E-state index >= 15 is 0 Å². The van der Waals surface area contributed by atoms with E-state index in [-0.39, 0.29) is 11.9 Å². The van der Waals surface area contributed by atoms with E-state index in [2.05, 4.69) is 5.10 Å². The maximum absolute atomic E-state index is 11.9. The average molecular weight is 258 g/mol. The maximum atomic E-state index is 11.9. The summed E-state index contributed by atoms with van der Waals surface area (Å²) in [4.78, 5) is 11.9. The summed E-state index contributed by atoms with van der Waals surface area (Å²) in [5, 5.41) is 4.33. The predicted octanol–water partition coefficient (Wildman–Crippen LogP) is 3.17. The lowest BCUT2D eigenvalue weighted by atomic mass is 10.1. The molecule has 0 N–H and O–H groups in total. The number of hydrogen-bond acceptors (Lipinski definition) is 3. The molecule has 0 aliphatic heterocycles. The highest BCUT2D eigenvalue weighted by atomic mass is 16.5. The second-order valence-corrected chi connectivity index (χ2v) is 4.57. The average Bonchev–Trinajstić information content (AvgIpc) is 2.85. The SMILES string of the molecule is CCOC(=O)c1cnn(-c2ccccc2)c1C(C)C. The molecule has 4 heteroatoms. The van der Waals surface area contributed by atoms with Crippen LogP contribution in [0.15, 0.2) is 36.5 Å². The number of carbonyl (C=O) groups is 1. The maximum Gasteiger partial charge on any atom is 0.341 e. The van der Waals surface area contributed by atoms with Crippen molar-refractivity contribution in [3.63, 3.8) is 0 Å². The standard InChI is InChI=1S/C15H18N2O2/c1-4-19-15(18)13-10-16-17(14(13)11(2)3)12-8-6-5-7-9-12/h5-11H,4H2,1-3H3. The Hall–Kier alpha value is -2.10. The smallest absolute Gasteiger partial charge is 0.341 e. The van der Waals surface area contributed by atoms with Crippen LogP contribution in [0.3, 0.4) is 0 Å². The van der Waals surface area contributed by atoms with Gasteiger partial charge in [0, 0.05) is 0 Å². The Morgan fingerprint density at radius 2 is 2.00 bits per heavy atom. The van der Waals surface area contributed by atoms with Crippen LogP contribution < -0.4 is 0 Å². The fraction of sp³-hybridized carbons (Fsp3) is 0.333. The molecule has 0 aliphatic rings. The minimum atomic E-state index is -0.312. The van der Waals surface area contributed by atoms with Crippen LogP contribution in [0.1, 0.15) is 42.7 Å². The molecule has 2 rings (SSSR count). The van der Waals surface area contributed by atoms with Crippen molar-refractivity contribution < 1.29 is 9.53 Å². The van der Waals surface area contributed by atoms with Crippen molar-refractivity contribution in [2.75, 3.05) is 6.61 Å². The van der Waals surface area contributed by atoms with Crippen molar-refractivity contribution in [3.05, 3.63) is 47.8 Å². The van der Waals surface area contributed by atoms with Crippen LogP contribution >= 0.6 is 0 Å². The first-order chi connectivity index (χ1) is 9.15. The minimum Gasteiger partial charge on any atom is -0.462 e. The summed E-state index contributed by atoms with van der Waals surface area (Å²) in [6.45, 7) is 6.25. The van der Waals surface area contributed by atoms with E-state index < -0.39 is 0 Å². The Kier molecular flexibility index (Phi) is 4.00. The monoisotopic (exact) mass is 258 g/mol. The normalized spacial score (nSPS) is 10.7. The Morgan fingerprint density at radius 1 is 1.32 bits per heavy atom. The van der Waals surface area contributed by atoms with E-state index in [0.717, 1.165) is 11.4 Å². The van der Waals surface area contributed by atoms with Gasteiger partial charge in [0.2, 0.25) is 0 Å². The quantitative estimate of drug-likeness (QED) is 0.791. The van der Waals surface area contributed by atoms with Gasteiger partial charge in [-0.25, -0.2) is 9.48 Å². The van der Waals surface area contributed by atoms with Crippen LogP contribution in [0.2, 0.25) is 0 Å². The topological polar surface area (TPSA) is 44.1 Å². The second kappa shape index (κ2) is 5.69. The van der Waals surface area contributed by atoms with Crippen LogP contribution in [0.4, 0.5) is 0 Å². The first-order valence-electron chi connectivity index (χ1n) is 6.45. The molecule has 0 amide bonds. The number of para-hydroxylation sites is 1. The number of ether oxygens (including phenoxy) is 1. The molecule has 19 heavy (non-hydrogen) atoms. The number of aromatic nitrogens is 2. The second-order valence-electron chi connectivity index (χ2n) is 4.57. The molecular weight excluding hydrogens is 240 g/mol. The van der Waals surface area contributed by atoms with Crippen LogP contribution in [0.5, 0.6) is 0 Å². The third kappa shape index (κ3) is 2.67. The first kappa shape index (κ1) is 13.3. The third-order valence-electron chi connectivity index (χ3n) is 2.85. The lowest BCUT2D eigenvalue weighted by molar-refractivity contribution is 0.0524. The molecule has 100 valence electrons. The third-order valence-corrected chi connectivity index (χ3v) is 2.85. The van der Waals surface area contributed by atoms with Crippen molar-refractivity contribution >= 4 is 5.97 Å². The van der Waals surface area contributed by atoms with Gasteiger partial charge in [0.1, 0.15) is 5.56 Å². The molecule has 0 unspecified atom stereocenters. The number of carbonyl (C=O) groups excluding carboxylic acids is 1. The molecule has 0 radical (unpaired) electrons. The van der Waals surface area contributed by atoms with Crippen LogP contribution in [-0.2, 0) is 4.74 Å². The fourth-order valence-corrected chi connectivity index (χ4v) is 2.05. The fourth-order valence-electron chi connectivity index (χ4n) is 2.05. The van der Waals surface area contributed by atoms with E-state index in [4.69, 9.17) is 4.74 Å². The van der Waals surface area contributed by atoms with Gasteiger partial charge in [0.05, 0.1) is 24.2 Å². The van der Waals surface area contributed by atoms with Crippen molar-refractivity contribution in [2.24, 2.45) is 0 Å². The summed E-state index contributed by atoms with van der Waals surface area (Å²) in [7, 11) is 0. The summed E-state index contributed by atoms with van der Waals surface area (Å²) in [5.74, 6) is -0.129. The van der Waals surface area contributed by atoms with Gasteiger partial charge in [0.15, 0.2) is 0 Å². The Balaban J connectivity index is 2.49. The number of nitrogens with zero attached hydrogens (tertiary/aromatic N) is 2. The molecule has 1 aromatic carbocycles. The van der Waals surface area contributed by atoms with Gasteiger partial charge in [-0.3, -0.25) is 0 Å². The molecule has 0 spiro atoms. The molecule has 2 aromatic rings. The minimum absolute atomic E-state index is 0.183.